The molecule has 1 aromatic carbocycles. The van der Waals surface area contributed by atoms with E-state index in [1.807, 2.05) is 44.2 Å². The molecule has 0 heterocycles. The van der Waals surface area contributed by atoms with Gasteiger partial charge < -0.3 is 14.2 Å². The van der Waals surface area contributed by atoms with Gasteiger partial charge in [-0.05, 0) is 44.6 Å². The summed E-state index contributed by atoms with van der Waals surface area (Å²) in [5.41, 5.74) is 1.09. The Bertz CT molecular complexity index is 569. The molecule has 0 radical (unpaired) electrons. The SMILES string of the molecule is CCOP(=O)(OCC)[C@H](CCc1ccccc1)N[C@@H](CC(C)C)C(=O)O. The zero-order valence-corrected chi connectivity index (χ0v) is 17.1. The van der Waals surface area contributed by atoms with Gasteiger partial charge in [-0.15, -0.1) is 0 Å². The zero-order chi connectivity index (χ0) is 19.6. The minimum absolute atomic E-state index is 0.192. The fraction of sp³-hybridized carbons (Fsp3) is 0.632. The molecule has 0 bridgehead atoms. The van der Waals surface area contributed by atoms with Crippen LogP contribution in [0.1, 0.15) is 46.1 Å². The van der Waals surface area contributed by atoms with E-state index in [-0.39, 0.29) is 19.1 Å². The largest absolute Gasteiger partial charge is 0.480 e. The first-order valence-corrected chi connectivity index (χ1v) is 10.8. The average molecular weight is 385 g/mol. The molecule has 6 nitrogen and oxygen atoms in total. The normalized spacial score (nSPS) is 14.3. The second-order valence-electron chi connectivity index (χ2n) is 6.60. The van der Waals surface area contributed by atoms with Gasteiger partial charge in [0, 0.05) is 0 Å². The molecule has 0 fully saturated rings. The van der Waals surface area contributed by atoms with Crippen molar-refractivity contribution in [3.05, 3.63) is 35.9 Å². The van der Waals surface area contributed by atoms with Crippen LogP contribution in [0, 0.1) is 5.92 Å². The molecule has 1 rings (SSSR count). The predicted molar refractivity (Wildman–Crippen MR) is 103 cm³/mol. The number of hydrogen-bond donors (Lipinski definition) is 2. The first-order valence-electron chi connectivity index (χ1n) is 9.23. The van der Waals surface area contributed by atoms with Gasteiger partial charge >= 0.3 is 13.6 Å². The van der Waals surface area contributed by atoms with Crippen LogP contribution in [0.5, 0.6) is 0 Å². The molecule has 148 valence electrons. The molecular formula is C19H32NO5P. The first kappa shape index (κ1) is 22.8. The molecule has 2 N–H and O–H groups in total. The lowest BCUT2D eigenvalue weighted by molar-refractivity contribution is -0.140. The summed E-state index contributed by atoms with van der Waals surface area (Å²) in [7, 11) is -3.48. The van der Waals surface area contributed by atoms with Gasteiger partial charge in [0.2, 0.25) is 0 Å². The van der Waals surface area contributed by atoms with Gasteiger partial charge in [0.25, 0.3) is 0 Å². The van der Waals surface area contributed by atoms with Gasteiger partial charge in [-0.3, -0.25) is 14.7 Å². The number of aliphatic carboxylic acids is 1. The number of nitrogens with one attached hydrogen (secondary N) is 1. The fourth-order valence-electron chi connectivity index (χ4n) is 2.80. The third-order valence-electron chi connectivity index (χ3n) is 3.95. The van der Waals surface area contributed by atoms with Crippen molar-refractivity contribution in [2.45, 2.75) is 58.8 Å². The average Bonchev–Trinajstić information content (AvgIpc) is 2.58. The lowest BCUT2D eigenvalue weighted by atomic mass is 10.0. The summed E-state index contributed by atoms with van der Waals surface area (Å²) in [5, 5.41) is 12.6. The maximum Gasteiger partial charge on any atom is 0.347 e. The second-order valence-corrected chi connectivity index (χ2v) is 8.82. The summed E-state index contributed by atoms with van der Waals surface area (Å²) in [6.07, 6.45) is 1.55. The van der Waals surface area contributed by atoms with E-state index < -0.39 is 25.4 Å². The molecular weight excluding hydrogens is 353 g/mol. The van der Waals surface area contributed by atoms with Crippen LogP contribution >= 0.6 is 7.60 Å². The maximum absolute atomic E-state index is 13.3. The summed E-state index contributed by atoms with van der Waals surface area (Å²) in [4.78, 5) is 11.7. The number of rotatable bonds is 13. The van der Waals surface area contributed by atoms with Gasteiger partial charge in [0.1, 0.15) is 11.8 Å². The summed E-state index contributed by atoms with van der Waals surface area (Å²) in [6.45, 7) is 7.90. The molecule has 0 unspecified atom stereocenters. The van der Waals surface area contributed by atoms with Crippen molar-refractivity contribution in [2.75, 3.05) is 13.2 Å². The quantitative estimate of drug-likeness (QED) is 0.493. The van der Waals surface area contributed by atoms with E-state index in [1.54, 1.807) is 13.8 Å². The molecule has 0 aliphatic heterocycles. The van der Waals surface area contributed by atoms with Crippen molar-refractivity contribution in [1.82, 2.24) is 5.32 Å². The minimum atomic E-state index is -3.48. The lowest BCUT2D eigenvalue weighted by Crippen LogP contribution is -2.44. The van der Waals surface area contributed by atoms with Crippen molar-refractivity contribution in [3.8, 4) is 0 Å². The first-order chi connectivity index (χ1) is 12.3. The van der Waals surface area contributed by atoms with E-state index in [2.05, 4.69) is 5.32 Å². The molecule has 0 aliphatic carbocycles. The predicted octanol–water partition coefficient (Wildman–Crippen LogP) is 4.30. The Morgan fingerprint density at radius 1 is 1.15 bits per heavy atom. The topological polar surface area (TPSA) is 84.9 Å². The highest BCUT2D eigenvalue weighted by atomic mass is 31.2. The molecule has 0 aliphatic rings. The lowest BCUT2D eigenvalue weighted by Gasteiger charge is -2.30. The Morgan fingerprint density at radius 3 is 2.19 bits per heavy atom. The van der Waals surface area contributed by atoms with E-state index in [1.165, 1.54) is 0 Å². The highest BCUT2D eigenvalue weighted by Crippen LogP contribution is 2.53. The van der Waals surface area contributed by atoms with Gasteiger partial charge in [-0.1, -0.05) is 44.2 Å². The Hall–Kier alpha value is -1.20. The number of hydrogen-bond acceptors (Lipinski definition) is 5. The van der Waals surface area contributed by atoms with Gasteiger partial charge in [-0.25, -0.2) is 0 Å². The second kappa shape index (κ2) is 11.5. The van der Waals surface area contributed by atoms with Crippen LogP contribution < -0.4 is 5.32 Å². The van der Waals surface area contributed by atoms with E-state index in [0.29, 0.717) is 19.3 Å². The van der Waals surface area contributed by atoms with Crippen LogP contribution in [-0.4, -0.2) is 36.1 Å². The van der Waals surface area contributed by atoms with Crippen molar-refractivity contribution in [1.29, 1.82) is 0 Å². The van der Waals surface area contributed by atoms with Crippen LogP contribution in [0.2, 0.25) is 0 Å². The Labute approximate surface area is 156 Å². The number of carboxylic acid groups (broad SMARTS) is 1. The molecule has 0 amide bonds. The van der Waals surface area contributed by atoms with Gasteiger partial charge in [-0.2, -0.15) is 0 Å². The number of carbonyl (C=O) groups is 1. The Balaban J connectivity index is 3.01. The third-order valence-corrected chi connectivity index (χ3v) is 6.35. The smallest absolute Gasteiger partial charge is 0.347 e. The molecule has 0 spiro atoms. The van der Waals surface area contributed by atoms with E-state index in [4.69, 9.17) is 9.05 Å². The highest BCUT2D eigenvalue weighted by Gasteiger charge is 2.38. The fourth-order valence-corrected chi connectivity index (χ4v) is 4.76. The van der Waals surface area contributed by atoms with Crippen LogP contribution in [-0.2, 0) is 24.8 Å². The molecule has 7 heteroatoms. The summed E-state index contributed by atoms with van der Waals surface area (Å²) < 4.78 is 24.2. The molecule has 26 heavy (non-hydrogen) atoms. The van der Waals surface area contributed by atoms with Crippen LogP contribution in [0.25, 0.3) is 0 Å². The van der Waals surface area contributed by atoms with Gasteiger partial charge in [0.15, 0.2) is 0 Å². The summed E-state index contributed by atoms with van der Waals surface area (Å²) >= 11 is 0. The number of aryl methyl sites for hydroxylation is 1. The monoisotopic (exact) mass is 385 g/mol. The minimum Gasteiger partial charge on any atom is -0.480 e. The van der Waals surface area contributed by atoms with Crippen LogP contribution in [0.3, 0.4) is 0 Å². The molecule has 0 aromatic heterocycles. The van der Waals surface area contributed by atoms with E-state index in [9.17, 15) is 14.5 Å². The van der Waals surface area contributed by atoms with E-state index in [0.717, 1.165) is 5.56 Å². The number of benzene rings is 1. The Kier molecular flexibility index (Phi) is 10.1. The summed E-state index contributed by atoms with van der Waals surface area (Å²) in [6, 6.07) is 9.01. The molecule has 0 saturated heterocycles. The van der Waals surface area contributed by atoms with Crippen molar-refractivity contribution >= 4 is 13.6 Å². The highest BCUT2D eigenvalue weighted by molar-refractivity contribution is 7.54. The van der Waals surface area contributed by atoms with Crippen LogP contribution in [0.4, 0.5) is 0 Å². The van der Waals surface area contributed by atoms with Crippen molar-refractivity contribution in [3.63, 3.8) is 0 Å². The zero-order valence-electron chi connectivity index (χ0n) is 16.2. The van der Waals surface area contributed by atoms with Crippen molar-refractivity contribution < 1.29 is 23.5 Å². The summed E-state index contributed by atoms with van der Waals surface area (Å²) in [5.74, 6) is -1.44. The van der Waals surface area contributed by atoms with E-state index >= 15 is 0 Å². The maximum atomic E-state index is 13.3. The molecule has 1 aromatic rings. The van der Waals surface area contributed by atoms with Gasteiger partial charge in [0.05, 0.1) is 13.2 Å². The van der Waals surface area contributed by atoms with Crippen molar-refractivity contribution in [2.24, 2.45) is 5.92 Å². The third kappa shape index (κ3) is 7.58. The number of carboxylic acids is 1. The van der Waals surface area contributed by atoms with Crippen LogP contribution in [0.15, 0.2) is 30.3 Å². The molecule has 2 atom stereocenters. The standard InChI is InChI=1S/C19H32NO5P/c1-5-24-26(23,25-6-2)18(13-12-16-10-8-7-9-11-16)20-17(19(21)22)14-15(3)4/h7-11,15,17-18,20H,5-6,12-14H2,1-4H3,(H,21,22)/t17-,18+/m0/s1. The Morgan fingerprint density at radius 2 is 1.73 bits per heavy atom. The molecule has 0 saturated carbocycles.